The second-order valence-corrected chi connectivity index (χ2v) is 4.97. The van der Waals surface area contributed by atoms with Gasteiger partial charge in [0.25, 0.3) is 5.91 Å². The fourth-order valence-corrected chi connectivity index (χ4v) is 2.34. The molecule has 0 saturated carbocycles. The molecule has 1 atom stereocenters. The summed E-state index contributed by atoms with van der Waals surface area (Å²) in [5.41, 5.74) is 0. The molecule has 1 aliphatic heterocycles. The standard InChI is InChI=1S/C13H22N6O2/c1-3-5-10-16-11(18-17-10)13(21)19-7-6-14-8-9(19)12(20)15-4-2/h9,14H,3-8H2,1-2H3,(H,15,20)(H,16,17,18). The fraction of sp³-hybridized carbons (Fsp3) is 0.692. The van der Waals surface area contributed by atoms with Crippen molar-refractivity contribution < 1.29 is 9.59 Å². The van der Waals surface area contributed by atoms with Gasteiger partial charge in [0.15, 0.2) is 0 Å². The quantitative estimate of drug-likeness (QED) is 0.667. The van der Waals surface area contributed by atoms with Gasteiger partial charge in [-0.2, -0.15) is 0 Å². The van der Waals surface area contributed by atoms with Crippen LogP contribution in [0.4, 0.5) is 0 Å². The molecule has 116 valence electrons. The summed E-state index contributed by atoms with van der Waals surface area (Å²) >= 11 is 0. The van der Waals surface area contributed by atoms with Crippen molar-refractivity contribution in [2.75, 3.05) is 26.2 Å². The lowest BCUT2D eigenvalue weighted by atomic mass is 10.1. The van der Waals surface area contributed by atoms with Gasteiger partial charge in [0.1, 0.15) is 11.9 Å². The first-order valence-electron chi connectivity index (χ1n) is 7.38. The van der Waals surface area contributed by atoms with Crippen molar-refractivity contribution in [1.82, 2.24) is 30.7 Å². The van der Waals surface area contributed by atoms with Gasteiger partial charge in [0.05, 0.1) is 0 Å². The van der Waals surface area contributed by atoms with Crippen LogP contribution in [0.3, 0.4) is 0 Å². The van der Waals surface area contributed by atoms with E-state index in [2.05, 4.69) is 25.8 Å². The van der Waals surface area contributed by atoms with E-state index in [4.69, 9.17) is 0 Å². The SMILES string of the molecule is CCCc1nc(C(=O)N2CCNCC2C(=O)NCC)n[nH]1. The fourth-order valence-electron chi connectivity index (χ4n) is 2.34. The number of hydrogen-bond acceptors (Lipinski definition) is 5. The summed E-state index contributed by atoms with van der Waals surface area (Å²) in [6.45, 7) is 6.01. The van der Waals surface area contributed by atoms with E-state index in [1.165, 1.54) is 0 Å². The maximum Gasteiger partial charge on any atom is 0.294 e. The van der Waals surface area contributed by atoms with Gasteiger partial charge in [-0.3, -0.25) is 14.7 Å². The summed E-state index contributed by atoms with van der Waals surface area (Å²) in [5, 5.41) is 12.6. The average Bonchev–Trinajstić information content (AvgIpc) is 2.96. The first-order valence-corrected chi connectivity index (χ1v) is 7.38. The number of aromatic amines is 1. The van der Waals surface area contributed by atoms with Crippen LogP contribution in [0.5, 0.6) is 0 Å². The third-order valence-corrected chi connectivity index (χ3v) is 3.37. The summed E-state index contributed by atoms with van der Waals surface area (Å²) in [4.78, 5) is 30.3. The molecule has 8 nitrogen and oxygen atoms in total. The number of aryl methyl sites for hydroxylation is 1. The number of aromatic nitrogens is 3. The van der Waals surface area contributed by atoms with Crippen LogP contribution in [0.25, 0.3) is 0 Å². The average molecular weight is 294 g/mol. The molecule has 3 N–H and O–H groups in total. The van der Waals surface area contributed by atoms with Crippen molar-refractivity contribution in [3.05, 3.63) is 11.6 Å². The minimum Gasteiger partial charge on any atom is -0.355 e. The summed E-state index contributed by atoms with van der Waals surface area (Å²) in [6.07, 6.45) is 1.68. The summed E-state index contributed by atoms with van der Waals surface area (Å²) in [5.74, 6) is 0.383. The summed E-state index contributed by atoms with van der Waals surface area (Å²) in [7, 11) is 0. The highest BCUT2D eigenvalue weighted by Gasteiger charge is 2.33. The number of nitrogens with zero attached hydrogens (tertiary/aromatic N) is 3. The van der Waals surface area contributed by atoms with Crippen LogP contribution >= 0.6 is 0 Å². The highest BCUT2D eigenvalue weighted by molar-refractivity contribution is 5.95. The van der Waals surface area contributed by atoms with E-state index in [-0.39, 0.29) is 17.6 Å². The van der Waals surface area contributed by atoms with Crippen LogP contribution < -0.4 is 10.6 Å². The lowest BCUT2D eigenvalue weighted by Gasteiger charge is -2.34. The molecule has 0 spiro atoms. The number of nitrogens with one attached hydrogen (secondary N) is 3. The van der Waals surface area contributed by atoms with Gasteiger partial charge in [-0.05, 0) is 13.3 Å². The van der Waals surface area contributed by atoms with Gasteiger partial charge in [-0.25, -0.2) is 4.98 Å². The van der Waals surface area contributed by atoms with E-state index in [9.17, 15) is 9.59 Å². The topological polar surface area (TPSA) is 103 Å². The van der Waals surface area contributed by atoms with Crippen molar-refractivity contribution in [2.45, 2.75) is 32.7 Å². The van der Waals surface area contributed by atoms with Crippen molar-refractivity contribution >= 4 is 11.8 Å². The number of H-pyrrole nitrogens is 1. The lowest BCUT2D eigenvalue weighted by Crippen LogP contribution is -2.59. The molecule has 0 radical (unpaired) electrons. The van der Waals surface area contributed by atoms with Crippen molar-refractivity contribution in [1.29, 1.82) is 0 Å². The number of carbonyl (C=O) groups excluding carboxylic acids is 2. The molecule has 8 heteroatoms. The normalized spacial score (nSPS) is 18.6. The smallest absolute Gasteiger partial charge is 0.294 e. The molecule has 0 aromatic carbocycles. The Bertz CT molecular complexity index is 501. The second-order valence-electron chi connectivity index (χ2n) is 4.97. The Balaban J connectivity index is 2.12. The molecule has 0 aliphatic carbocycles. The Hall–Kier alpha value is -1.96. The van der Waals surface area contributed by atoms with E-state index < -0.39 is 6.04 Å². The molecule has 0 bridgehead atoms. The zero-order valence-corrected chi connectivity index (χ0v) is 12.5. The molecule has 2 amide bonds. The minimum absolute atomic E-state index is 0.134. The molecule has 1 unspecified atom stereocenters. The molecule has 2 heterocycles. The lowest BCUT2D eigenvalue weighted by molar-refractivity contribution is -0.126. The third-order valence-electron chi connectivity index (χ3n) is 3.37. The van der Waals surface area contributed by atoms with E-state index in [1.54, 1.807) is 4.90 Å². The number of amides is 2. The van der Waals surface area contributed by atoms with Crippen LogP contribution in [-0.4, -0.2) is 64.1 Å². The zero-order chi connectivity index (χ0) is 15.2. The summed E-state index contributed by atoms with van der Waals surface area (Å²) < 4.78 is 0. The van der Waals surface area contributed by atoms with Gasteiger partial charge in [0.2, 0.25) is 11.7 Å². The van der Waals surface area contributed by atoms with Gasteiger partial charge in [-0.1, -0.05) is 6.92 Å². The molecule has 1 aliphatic rings. The predicted molar refractivity (Wildman–Crippen MR) is 76.8 cm³/mol. The number of carbonyl (C=O) groups is 2. The van der Waals surface area contributed by atoms with Gasteiger partial charge < -0.3 is 15.5 Å². The van der Waals surface area contributed by atoms with Gasteiger partial charge >= 0.3 is 0 Å². The Labute approximate surface area is 123 Å². The van der Waals surface area contributed by atoms with Gasteiger partial charge in [0, 0.05) is 32.6 Å². The van der Waals surface area contributed by atoms with Crippen LogP contribution in [0.1, 0.15) is 36.7 Å². The first kappa shape index (κ1) is 15.4. The molecule has 1 saturated heterocycles. The Kier molecular flexibility index (Phi) is 5.26. The third kappa shape index (κ3) is 3.57. The Morgan fingerprint density at radius 3 is 2.95 bits per heavy atom. The molecule has 2 rings (SSSR count). The highest BCUT2D eigenvalue weighted by atomic mass is 16.2. The number of piperazine rings is 1. The zero-order valence-electron chi connectivity index (χ0n) is 12.5. The van der Waals surface area contributed by atoms with Crippen LogP contribution in [0.15, 0.2) is 0 Å². The molecule has 1 aromatic rings. The summed E-state index contributed by atoms with van der Waals surface area (Å²) in [6, 6.07) is -0.515. The van der Waals surface area contributed by atoms with Crippen molar-refractivity contribution in [2.24, 2.45) is 0 Å². The minimum atomic E-state index is -0.515. The van der Waals surface area contributed by atoms with Crippen molar-refractivity contribution in [3.63, 3.8) is 0 Å². The van der Waals surface area contributed by atoms with Crippen LogP contribution in [0, 0.1) is 0 Å². The molecular formula is C13H22N6O2. The second kappa shape index (κ2) is 7.16. The number of rotatable bonds is 5. The number of likely N-dealkylation sites (N-methyl/N-ethyl adjacent to an activating group) is 1. The van der Waals surface area contributed by atoms with Crippen LogP contribution in [-0.2, 0) is 11.2 Å². The maximum atomic E-state index is 12.5. The van der Waals surface area contributed by atoms with Crippen molar-refractivity contribution in [3.8, 4) is 0 Å². The molecule has 21 heavy (non-hydrogen) atoms. The molecular weight excluding hydrogens is 272 g/mol. The number of hydrogen-bond donors (Lipinski definition) is 3. The van der Waals surface area contributed by atoms with Gasteiger partial charge in [-0.15, -0.1) is 5.10 Å². The monoisotopic (exact) mass is 294 g/mol. The Morgan fingerprint density at radius 1 is 1.43 bits per heavy atom. The Morgan fingerprint density at radius 2 is 2.24 bits per heavy atom. The predicted octanol–water partition coefficient (Wildman–Crippen LogP) is -0.693. The van der Waals surface area contributed by atoms with E-state index in [0.717, 1.165) is 12.8 Å². The molecule has 1 fully saturated rings. The molecule has 1 aromatic heterocycles. The maximum absolute atomic E-state index is 12.5. The largest absolute Gasteiger partial charge is 0.355 e. The van der Waals surface area contributed by atoms with E-state index in [0.29, 0.717) is 32.0 Å². The van der Waals surface area contributed by atoms with E-state index in [1.807, 2.05) is 13.8 Å². The van der Waals surface area contributed by atoms with Crippen LogP contribution in [0.2, 0.25) is 0 Å². The first-order chi connectivity index (χ1) is 10.2. The van der Waals surface area contributed by atoms with E-state index >= 15 is 0 Å². The highest BCUT2D eigenvalue weighted by Crippen LogP contribution is 2.09.